The topological polar surface area (TPSA) is 20.2 Å². The van der Waals surface area contributed by atoms with Crippen LogP contribution < -0.4 is 0 Å². The maximum Gasteiger partial charge on any atom is 0.118 e. The summed E-state index contributed by atoms with van der Waals surface area (Å²) in [5.74, 6) is 5.96. The number of allylic oxidation sites excluding steroid dienone is 1. The highest BCUT2D eigenvalue weighted by Gasteiger charge is 2.09. The summed E-state index contributed by atoms with van der Waals surface area (Å²) in [6.07, 6.45) is 9.01. The van der Waals surface area contributed by atoms with E-state index in [-0.39, 0.29) is 0 Å². The fourth-order valence-electron chi connectivity index (χ4n) is 1.37. The van der Waals surface area contributed by atoms with Crippen LogP contribution in [0.15, 0.2) is 12.2 Å². The maximum atomic E-state index is 9.62. The van der Waals surface area contributed by atoms with Crippen molar-refractivity contribution in [2.24, 2.45) is 0 Å². The monoisotopic (exact) mass is 252 g/mol. The Balaban J connectivity index is 3.68. The smallest absolute Gasteiger partial charge is 0.118 e. The molecule has 0 amide bonds. The molecule has 98 valence electrons. The quantitative estimate of drug-likeness (QED) is 0.311. The number of rotatable bonds is 7. The third-order valence-corrected chi connectivity index (χ3v) is 3.89. The molecule has 0 aliphatic rings. The highest BCUT2D eigenvalue weighted by Crippen LogP contribution is 2.09. The van der Waals surface area contributed by atoms with Crippen LogP contribution in [0.3, 0.4) is 0 Å². The molecule has 0 aromatic heterocycles. The Labute approximate surface area is 108 Å². The molecule has 0 saturated heterocycles. The maximum absolute atomic E-state index is 9.62. The Morgan fingerprint density at radius 2 is 1.88 bits per heavy atom. The molecule has 0 rings (SSSR count). The third kappa shape index (κ3) is 13.4. The molecule has 0 unspecified atom stereocenters. The van der Waals surface area contributed by atoms with E-state index in [0.29, 0.717) is 6.42 Å². The standard InChI is InChI=1S/C15H28OSi/c1-5-6-7-8-9-12-15(16)13-10-11-14-17(2,3)4/h10-11,15-16H,5-8,13-14H2,1-4H3/b11-10+/t15-/m1/s1. The van der Waals surface area contributed by atoms with E-state index in [4.69, 9.17) is 0 Å². The first kappa shape index (κ1) is 16.5. The zero-order valence-corrected chi connectivity index (χ0v) is 12.9. The number of hydrogen-bond donors (Lipinski definition) is 1. The lowest BCUT2D eigenvalue weighted by Crippen LogP contribution is -2.17. The van der Waals surface area contributed by atoms with Gasteiger partial charge in [0.05, 0.1) is 0 Å². The molecule has 1 N–H and O–H groups in total. The van der Waals surface area contributed by atoms with Gasteiger partial charge in [0, 0.05) is 20.9 Å². The van der Waals surface area contributed by atoms with Gasteiger partial charge in [-0.05, 0) is 12.5 Å². The van der Waals surface area contributed by atoms with Crippen molar-refractivity contribution >= 4 is 8.07 Å². The largest absolute Gasteiger partial charge is 0.380 e. The van der Waals surface area contributed by atoms with Crippen LogP contribution in [0.1, 0.15) is 39.0 Å². The van der Waals surface area contributed by atoms with Crippen molar-refractivity contribution in [3.63, 3.8) is 0 Å². The van der Waals surface area contributed by atoms with Crippen molar-refractivity contribution in [2.45, 2.75) is 70.8 Å². The molecule has 0 aliphatic heterocycles. The summed E-state index contributed by atoms with van der Waals surface area (Å²) < 4.78 is 0. The minimum atomic E-state index is -0.974. The summed E-state index contributed by atoms with van der Waals surface area (Å²) in [6, 6.07) is 1.18. The molecule has 0 bridgehead atoms. The fourth-order valence-corrected chi connectivity index (χ4v) is 2.25. The van der Waals surface area contributed by atoms with Gasteiger partial charge in [0.2, 0.25) is 0 Å². The summed E-state index contributed by atoms with van der Waals surface area (Å²) in [5, 5.41) is 9.62. The molecule has 2 heteroatoms. The van der Waals surface area contributed by atoms with Gasteiger partial charge in [-0.15, -0.1) is 5.92 Å². The van der Waals surface area contributed by atoms with Gasteiger partial charge in [0.25, 0.3) is 0 Å². The van der Waals surface area contributed by atoms with Gasteiger partial charge in [-0.1, -0.05) is 57.5 Å². The van der Waals surface area contributed by atoms with Crippen molar-refractivity contribution in [1.29, 1.82) is 0 Å². The van der Waals surface area contributed by atoms with E-state index in [0.717, 1.165) is 12.8 Å². The minimum absolute atomic E-state index is 0.477. The number of hydrogen-bond acceptors (Lipinski definition) is 1. The molecule has 0 aliphatic carbocycles. The van der Waals surface area contributed by atoms with E-state index in [1.54, 1.807) is 0 Å². The van der Waals surface area contributed by atoms with Crippen LogP contribution in [-0.2, 0) is 0 Å². The second-order valence-corrected chi connectivity index (χ2v) is 11.3. The van der Waals surface area contributed by atoms with Crippen LogP contribution in [0.25, 0.3) is 0 Å². The van der Waals surface area contributed by atoms with E-state index < -0.39 is 14.2 Å². The Bertz CT molecular complexity index is 265. The molecule has 1 atom stereocenters. The van der Waals surface area contributed by atoms with E-state index in [1.165, 1.54) is 18.9 Å². The van der Waals surface area contributed by atoms with E-state index in [9.17, 15) is 5.11 Å². The molecule has 0 heterocycles. The normalized spacial score (nSPS) is 13.5. The summed E-state index contributed by atoms with van der Waals surface area (Å²) >= 11 is 0. The summed E-state index contributed by atoms with van der Waals surface area (Å²) in [4.78, 5) is 0. The molecule has 0 saturated carbocycles. The molecule has 0 aromatic rings. The van der Waals surface area contributed by atoms with E-state index in [1.807, 2.05) is 0 Å². The zero-order valence-electron chi connectivity index (χ0n) is 11.9. The van der Waals surface area contributed by atoms with Crippen molar-refractivity contribution < 1.29 is 5.11 Å². The minimum Gasteiger partial charge on any atom is -0.380 e. The van der Waals surface area contributed by atoms with Crippen LogP contribution in [0, 0.1) is 11.8 Å². The van der Waals surface area contributed by atoms with Crippen LogP contribution in [-0.4, -0.2) is 19.3 Å². The van der Waals surface area contributed by atoms with Crippen LogP contribution in [0.2, 0.25) is 25.7 Å². The van der Waals surface area contributed by atoms with Crippen molar-refractivity contribution in [1.82, 2.24) is 0 Å². The van der Waals surface area contributed by atoms with Crippen molar-refractivity contribution in [2.75, 3.05) is 0 Å². The molecule has 0 aromatic carbocycles. The second-order valence-electron chi connectivity index (χ2n) is 5.77. The van der Waals surface area contributed by atoms with Gasteiger partial charge in [-0.3, -0.25) is 0 Å². The first-order valence-corrected chi connectivity index (χ1v) is 10.5. The molecular formula is C15H28OSi. The van der Waals surface area contributed by atoms with Crippen molar-refractivity contribution in [3.8, 4) is 11.8 Å². The molecule has 0 fully saturated rings. The summed E-state index contributed by atoms with van der Waals surface area (Å²) in [6.45, 7) is 9.23. The summed E-state index contributed by atoms with van der Waals surface area (Å²) in [5.41, 5.74) is 0. The Morgan fingerprint density at radius 1 is 1.18 bits per heavy atom. The van der Waals surface area contributed by atoms with E-state index in [2.05, 4.69) is 50.6 Å². The lowest BCUT2D eigenvalue weighted by Gasteiger charge is -2.11. The van der Waals surface area contributed by atoms with Gasteiger partial charge >= 0.3 is 0 Å². The van der Waals surface area contributed by atoms with Gasteiger partial charge in [-0.25, -0.2) is 0 Å². The lowest BCUT2D eigenvalue weighted by atomic mass is 10.2. The highest BCUT2D eigenvalue weighted by molar-refractivity contribution is 6.76. The summed E-state index contributed by atoms with van der Waals surface area (Å²) in [7, 11) is -0.974. The average molecular weight is 252 g/mol. The molecule has 1 nitrogen and oxygen atoms in total. The third-order valence-electron chi connectivity index (χ3n) is 2.43. The lowest BCUT2D eigenvalue weighted by molar-refractivity contribution is 0.236. The molecular weight excluding hydrogens is 224 g/mol. The second kappa shape index (κ2) is 9.50. The highest BCUT2D eigenvalue weighted by atomic mass is 28.3. The fraction of sp³-hybridized carbons (Fsp3) is 0.733. The first-order chi connectivity index (χ1) is 7.95. The van der Waals surface area contributed by atoms with Gasteiger partial charge in [0.15, 0.2) is 0 Å². The number of aliphatic hydroxyl groups is 1. The molecule has 17 heavy (non-hydrogen) atoms. The van der Waals surface area contributed by atoms with Crippen LogP contribution in [0.4, 0.5) is 0 Å². The van der Waals surface area contributed by atoms with E-state index >= 15 is 0 Å². The Hall–Kier alpha value is -0.523. The zero-order chi connectivity index (χ0) is 13.1. The SMILES string of the molecule is CCCCCC#C[C@@H](O)C/C=C/C[Si](C)(C)C. The van der Waals surface area contributed by atoms with Crippen molar-refractivity contribution in [3.05, 3.63) is 12.2 Å². The number of aliphatic hydroxyl groups excluding tert-OH is 1. The van der Waals surface area contributed by atoms with Gasteiger partial charge < -0.3 is 5.11 Å². The predicted molar refractivity (Wildman–Crippen MR) is 79.8 cm³/mol. The molecule has 0 spiro atoms. The van der Waals surface area contributed by atoms with Crippen LogP contribution >= 0.6 is 0 Å². The predicted octanol–water partition coefficient (Wildman–Crippen LogP) is 4.22. The number of unbranched alkanes of at least 4 members (excludes halogenated alkanes) is 3. The Morgan fingerprint density at radius 3 is 2.47 bits per heavy atom. The molecule has 0 radical (unpaired) electrons. The average Bonchev–Trinajstić information content (AvgIpc) is 2.23. The first-order valence-electron chi connectivity index (χ1n) is 6.77. The van der Waals surface area contributed by atoms with Gasteiger partial charge in [0.1, 0.15) is 6.10 Å². The Kier molecular flexibility index (Phi) is 9.21. The van der Waals surface area contributed by atoms with Gasteiger partial charge in [-0.2, -0.15) is 0 Å². The van der Waals surface area contributed by atoms with Crippen LogP contribution in [0.5, 0.6) is 0 Å².